The molecule has 0 aliphatic rings. The van der Waals surface area contributed by atoms with E-state index in [1.807, 2.05) is 7.05 Å². The molecular formula is C13H21FN2O. The van der Waals surface area contributed by atoms with E-state index in [2.05, 4.69) is 17.1 Å². The smallest absolute Gasteiger partial charge is 0.123 e. The normalized spacial score (nSPS) is 13.0. The van der Waals surface area contributed by atoms with Crippen LogP contribution < -0.4 is 5.32 Å². The molecule has 1 aromatic rings. The van der Waals surface area contributed by atoms with Gasteiger partial charge in [0.25, 0.3) is 0 Å². The molecule has 0 amide bonds. The fourth-order valence-corrected chi connectivity index (χ4v) is 1.50. The van der Waals surface area contributed by atoms with E-state index >= 15 is 0 Å². The van der Waals surface area contributed by atoms with Gasteiger partial charge in [-0.1, -0.05) is 19.1 Å². The molecule has 1 rings (SSSR count). The summed E-state index contributed by atoms with van der Waals surface area (Å²) in [7, 11) is 2.05. The van der Waals surface area contributed by atoms with E-state index in [1.54, 1.807) is 12.1 Å². The average molecular weight is 240 g/mol. The van der Waals surface area contributed by atoms with Gasteiger partial charge < -0.3 is 15.3 Å². The third kappa shape index (κ3) is 5.26. The molecule has 0 heterocycles. The monoisotopic (exact) mass is 240 g/mol. The molecule has 2 N–H and O–H groups in total. The van der Waals surface area contributed by atoms with Crippen molar-refractivity contribution in [1.29, 1.82) is 0 Å². The van der Waals surface area contributed by atoms with E-state index in [-0.39, 0.29) is 5.82 Å². The van der Waals surface area contributed by atoms with Crippen LogP contribution in [0.3, 0.4) is 0 Å². The van der Waals surface area contributed by atoms with Crippen LogP contribution in [-0.4, -0.2) is 43.2 Å². The van der Waals surface area contributed by atoms with Crippen LogP contribution in [0.2, 0.25) is 0 Å². The average Bonchev–Trinajstić information content (AvgIpc) is 2.34. The molecule has 0 saturated heterocycles. The van der Waals surface area contributed by atoms with Crippen molar-refractivity contribution >= 4 is 0 Å². The molecule has 0 aromatic heterocycles. The lowest BCUT2D eigenvalue weighted by atomic mass is 10.1. The van der Waals surface area contributed by atoms with Crippen LogP contribution in [0.4, 0.5) is 4.39 Å². The topological polar surface area (TPSA) is 35.5 Å². The van der Waals surface area contributed by atoms with E-state index in [0.717, 1.165) is 19.6 Å². The standard InChI is InChI=1S/C13H21FN2O/c1-3-16(2)8-7-15-10-13(17)11-5-4-6-12(14)9-11/h4-6,9,13,15,17H,3,7-8,10H2,1-2H3. The number of aliphatic hydroxyl groups excluding tert-OH is 1. The summed E-state index contributed by atoms with van der Waals surface area (Å²) in [4.78, 5) is 2.18. The predicted octanol–water partition coefficient (Wildman–Crippen LogP) is 1.40. The second-order valence-electron chi connectivity index (χ2n) is 4.17. The highest BCUT2D eigenvalue weighted by molar-refractivity contribution is 5.18. The maximum absolute atomic E-state index is 12.9. The van der Waals surface area contributed by atoms with Gasteiger partial charge in [0.15, 0.2) is 0 Å². The van der Waals surface area contributed by atoms with Crippen LogP contribution in [0.5, 0.6) is 0 Å². The first-order valence-corrected chi connectivity index (χ1v) is 5.96. The minimum atomic E-state index is -0.655. The summed E-state index contributed by atoms with van der Waals surface area (Å²) >= 11 is 0. The molecule has 1 unspecified atom stereocenters. The van der Waals surface area contributed by atoms with Gasteiger partial charge >= 0.3 is 0 Å². The molecule has 4 heteroatoms. The number of aliphatic hydroxyl groups is 1. The van der Waals surface area contributed by atoms with E-state index < -0.39 is 6.10 Å². The number of rotatable bonds is 7. The maximum atomic E-state index is 12.9. The van der Waals surface area contributed by atoms with Crippen molar-refractivity contribution < 1.29 is 9.50 Å². The number of nitrogens with one attached hydrogen (secondary N) is 1. The fourth-order valence-electron chi connectivity index (χ4n) is 1.50. The third-order valence-corrected chi connectivity index (χ3v) is 2.78. The van der Waals surface area contributed by atoms with E-state index in [0.29, 0.717) is 12.1 Å². The van der Waals surface area contributed by atoms with Crippen molar-refractivity contribution in [2.45, 2.75) is 13.0 Å². The Bertz CT molecular complexity index is 333. The molecule has 1 aromatic carbocycles. The van der Waals surface area contributed by atoms with Crippen LogP contribution >= 0.6 is 0 Å². The van der Waals surface area contributed by atoms with Gasteiger partial charge in [-0.25, -0.2) is 4.39 Å². The number of halogens is 1. The lowest BCUT2D eigenvalue weighted by molar-refractivity contribution is 0.173. The molecule has 3 nitrogen and oxygen atoms in total. The molecule has 0 fully saturated rings. The molecule has 0 bridgehead atoms. The van der Waals surface area contributed by atoms with Crippen molar-refractivity contribution in [3.05, 3.63) is 35.6 Å². The molecule has 0 aliphatic heterocycles. The summed E-state index contributed by atoms with van der Waals surface area (Å²) in [6, 6.07) is 6.08. The third-order valence-electron chi connectivity index (χ3n) is 2.78. The highest BCUT2D eigenvalue weighted by atomic mass is 19.1. The number of hydrogen-bond acceptors (Lipinski definition) is 3. The summed E-state index contributed by atoms with van der Waals surface area (Å²) < 4.78 is 12.9. The van der Waals surface area contributed by atoms with Gasteiger partial charge in [-0.05, 0) is 31.3 Å². The zero-order chi connectivity index (χ0) is 12.7. The molecule has 0 aliphatic carbocycles. The predicted molar refractivity (Wildman–Crippen MR) is 67.4 cm³/mol. The first kappa shape index (κ1) is 14.1. The largest absolute Gasteiger partial charge is 0.387 e. The molecule has 0 radical (unpaired) electrons. The fraction of sp³-hybridized carbons (Fsp3) is 0.538. The second-order valence-corrected chi connectivity index (χ2v) is 4.17. The van der Waals surface area contributed by atoms with Crippen LogP contribution in [0, 0.1) is 5.82 Å². The lowest BCUT2D eigenvalue weighted by Gasteiger charge is -2.16. The van der Waals surface area contributed by atoms with E-state index in [1.165, 1.54) is 12.1 Å². The Kier molecular flexibility index (Phi) is 6.11. The van der Waals surface area contributed by atoms with Crippen molar-refractivity contribution in [2.24, 2.45) is 0 Å². The number of nitrogens with zero attached hydrogens (tertiary/aromatic N) is 1. The Hall–Kier alpha value is -0.970. The van der Waals surface area contributed by atoms with Crippen molar-refractivity contribution in [3.63, 3.8) is 0 Å². The van der Waals surface area contributed by atoms with Crippen LogP contribution in [0.15, 0.2) is 24.3 Å². The summed E-state index contributed by atoms with van der Waals surface area (Å²) in [6.07, 6.45) is -0.655. The Morgan fingerprint density at radius 2 is 2.24 bits per heavy atom. The zero-order valence-corrected chi connectivity index (χ0v) is 10.5. The van der Waals surface area contributed by atoms with E-state index in [9.17, 15) is 9.50 Å². The molecule has 0 saturated carbocycles. The van der Waals surface area contributed by atoms with Gasteiger partial charge in [-0.3, -0.25) is 0 Å². The number of hydrogen-bond donors (Lipinski definition) is 2. The quantitative estimate of drug-likeness (QED) is 0.707. The molecule has 96 valence electrons. The van der Waals surface area contributed by atoms with Crippen molar-refractivity contribution in [3.8, 4) is 0 Å². The van der Waals surface area contributed by atoms with Gasteiger partial charge in [-0.2, -0.15) is 0 Å². The van der Waals surface area contributed by atoms with Crippen molar-refractivity contribution in [1.82, 2.24) is 10.2 Å². The summed E-state index contributed by atoms with van der Waals surface area (Å²) in [5.41, 5.74) is 0.612. The summed E-state index contributed by atoms with van der Waals surface area (Å²) in [6.45, 7) is 5.31. The lowest BCUT2D eigenvalue weighted by Crippen LogP contribution is -2.31. The van der Waals surface area contributed by atoms with Crippen LogP contribution in [0.25, 0.3) is 0 Å². The van der Waals surface area contributed by atoms with Gasteiger partial charge in [0.2, 0.25) is 0 Å². The minimum Gasteiger partial charge on any atom is -0.387 e. The maximum Gasteiger partial charge on any atom is 0.123 e. The summed E-state index contributed by atoms with van der Waals surface area (Å²) in [5, 5.41) is 13.0. The molecule has 0 spiro atoms. The highest BCUT2D eigenvalue weighted by Crippen LogP contribution is 2.12. The van der Waals surface area contributed by atoms with E-state index in [4.69, 9.17) is 0 Å². The van der Waals surface area contributed by atoms with Gasteiger partial charge in [-0.15, -0.1) is 0 Å². The Balaban J connectivity index is 2.28. The number of likely N-dealkylation sites (N-methyl/N-ethyl adjacent to an activating group) is 1. The SMILES string of the molecule is CCN(C)CCNCC(O)c1cccc(F)c1. The van der Waals surface area contributed by atoms with Gasteiger partial charge in [0.05, 0.1) is 6.10 Å². The molecule has 1 atom stereocenters. The van der Waals surface area contributed by atoms with Crippen LogP contribution in [0.1, 0.15) is 18.6 Å². The Labute approximate surface area is 102 Å². The minimum absolute atomic E-state index is 0.313. The number of benzene rings is 1. The van der Waals surface area contributed by atoms with Crippen LogP contribution in [-0.2, 0) is 0 Å². The first-order valence-electron chi connectivity index (χ1n) is 5.96. The van der Waals surface area contributed by atoms with Gasteiger partial charge in [0, 0.05) is 19.6 Å². The Morgan fingerprint density at radius 1 is 1.47 bits per heavy atom. The van der Waals surface area contributed by atoms with Gasteiger partial charge in [0.1, 0.15) is 5.82 Å². The first-order chi connectivity index (χ1) is 8.13. The zero-order valence-electron chi connectivity index (χ0n) is 10.5. The second kappa shape index (κ2) is 7.37. The van der Waals surface area contributed by atoms with Crippen molar-refractivity contribution in [2.75, 3.05) is 33.2 Å². The molecular weight excluding hydrogens is 219 g/mol. The summed E-state index contributed by atoms with van der Waals surface area (Å²) in [5.74, 6) is -0.313. The Morgan fingerprint density at radius 3 is 2.88 bits per heavy atom. The highest BCUT2D eigenvalue weighted by Gasteiger charge is 2.07. The molecule has 17 heavy (non-hydrogen) atoms.